The minimum absolute atomic E-state index is 0.0461. The van der Waals surface area contributed by atoms with Crippen molar-refractivity contribution in [2.24, 2.45) is 0 Å². The molecule has 1 atom stereocenters. The molecule has 2 aromatic carbocycles. The summed E-state index contributed by atoms with van der Waals surface area (Å²) in [4.78, 5) is 38.4. The van der Waals surface area contributed by atoms with E-state index in [1.165, 1.54) is 31.2 Å². The van der Waals surface area contributed by atoms with Crippen LogP contribution in [0.4, 0.5) is 32.0 Å². The summed E-state index contributed by atoms with van der Waals surface area (Å²) in [5.74, 6) is -5.28. The number of alkyl halides is 6. The first-order valence-corrected chi connectivity index (χ1v) is 8.79. The Morgan fingerprint density at radius 3 is 2.03 bits per heavy atom. The predicted molar refractivity (Wildman–Crippen MR) is 94.1 cm³/mol. The van der Waals surface area contributed by atoms with Crippen LogP contribution in [0, 0.1) is 0 Å². The van der Waals surface area contributed by atoms with Gasteiger partial charge in [0.05, 0.1) is 23.4 Å². The van der Waals surface area contributed by atoms with E-state index in [4.69, 9.17) is 4.74 Å². The van der Waals surface area contributed by atoms with Crippen LogP contribution in [0.25, 0.3) is 0 Å². The first-order chi connectivity index (χ1) is 14.4. The molecule has 0 saturated heterocycles. The monoisotopic (exact) mass is 445 g/mol. The van der Waals surface area contributed by atoms with Gasteiger partial charge in [0.2, 0.25) is 0 Å². The lowest BCUT2D eigenvalue weighted by Crippen LogP contribution is -2.47. The zero-order chi connectivity index (χ0) is 23.1. The Morgan fingerprint density at radius 1 is 0.968 bits per heavy atom. The summed E-state index contributed by atoms with van der Waals surface area (Å²) in [5, 5.41) is 0. The van der Waals surface area contributed by atoms with Gasteiger partial charge in [0.1, 0.15) is 0 Å². The maximum Gasteiger partial charge on any atom is 0.416 e. The van der Waals surface area contributed by atoms with Crippen LogP contribution in [-0.2, 0) is 26.7 Å². The molecule has 1 heterocycles. The molecule has 0 spiro atoms. The number of imide groups is 1. The molecule has 0 saturated carbocycles. The number of carbonyl (C=O) groups excluding carboxylic acids is 3. The van der Waals surface area contributed by atoms with Crippen LogP contribution in [0.1, 0.15) is 39.9 Å². The highest BCUT2D eigenvalue weighted by Gasteiger charge is 2.46. The Kier molecular flexibility index (Phi) is 5.55. The summed E-state index contributed by atoms with van der Waals surface area (Å²) in [6.07, 6.45) is -10.4. The number of hydrogen-bond donors (Lipinski definition) is 0. The molecule has 0 aliphatic carbocycles. The Morgan fingerprint density at radius 2 is 1.52 bits per heavy atom. The van der Waals surface area contributed by atoms with Crippen molar-refractivity contribution in [3.63, 3.8) is 0 Å². The molecule has 0 bridgehead atoms. The van der Waals surface area contributed by atoms with Gasteiger partial charge in [-0.2, -0.15) is 26.3 Å². The average molecular weight is 445 g/mol. The van der Waals surface area contributed by atoms with Crippen LogP contribution < -0.4 is 4.90 Å². The largest absolute Gasteiger partial charge is 0.465 e. The number of nitrogens with zero attached hydrogens (tertiary/aromatic N) is 1. The van der Waals surface area contributed by atoms with Crippen molar-refractivity contribution in [3.05, 3.63) is 64.7 Å². The summed E-state index contributed by atoms with van der Waals surface area (Å²) < 4.78 is 84.1. The van der Waals surface area contributed by atoms with Gasteiger partial charge < -0.3 is 4.74 Å². The third-order valence-electron chi connectivity index (χ3n) is 4.53. The van der Waals surface area contributed by atoms with Crippen LogP contribution in [0.5, 0.6) is 0 Å². The lowest BCUT2D eigenvalue weighted by Gasteiger charge is -2.32. The van der Waals surface area contributed by atoms with Gasteiger partial charge in [0.25, 0.3) is 11.8 Å². The SMILES string of the molecule is CCOC(=O)C1C(=O)N(c2cc(C(F)(F)F)cc(C(F)(F)F)c2)C(=O)c2ccccc21. The van der Waals surface area contributed by atoms with Gasteiger partial charge in [-0.25, -0.2) is 4.90 Å². The number of carbonyl (C=O) groups is 3. The fourth-order valence-corrected chi connectivity index (χ4v) is 3.19. The topological polar surface area (TPSA) is 63.7 Å². The fraction of sp³-hybridized carbons (Fsp3) is 0.250. The number of ether oxygens (including phenoxy) is 1. The quantitative estimate of drug-likeness (QED) is 0.301. The lowest BCUT2D eigenvalue weighted by molar-refractivity contribution is -0.148. The zero-order valence-corrected chi connectivity index (χ0v) is 15.7. The van der Waals surface area contributed by atoms with Crippen molar-refractivity contribution in [2.75, 3.05) is 11.5 Å². The average Bonchev–Trinajstić information content (AvgIpc) is 2.67. The summed E-state index contributed by atoms with van der Waals surface area (Å²) in [6.45, 7) is 1.31. The van der Waals surface area contributed by atoms with E-state index in [2.05, 4.69) is 0 Å². The first-order valence-electron chi connectivity index (χ1n) is 8.79. The van der Waals surface area contributed by atoms with E-state index in [-0.39, 0.29) is 40.8 Å². The highest BCUT2D eigenvalue weighted by atomic mass is 19.4. The molecule has 1 aliphatic rings. The first kappa shape index (κ1) is 22.3. The van der Waals surface area contributed by atoms with Crippen LogP contribution >= 0.6 is 0 Å². The van der Waals surface area contributed by atoms with Gasteiger partial charge >= 0.3 is 18.3 Å². The second kappa shape index (κ2) is 7.71. The summed E-state index contributed by atoms with van der Waals surface area (Å²) in [5.41, 5.74) is -4.63. The smallest absolute Gasteiger partial charge is 0.416 e. The molecule has 164 valence electrons. The molecular formula is C20H13F6NO4. The Hall–Kier alpha value is -3.37. The van der Waals surface area contributed by atoms with E-state index in [1.54, 1.807) is 0 Å². The molecule has 1 aliphatic heterocycles. The van der Waals surface area contributed by atoms with Crippen molar-refractivity contribution in [3.8, 4) is 0 Å². The van der Waals surface area contributed by atoms with Gasteiger partial charge in [-0.1, -0.05) is 18.2 Å². The lowest BCUT2D eigenvalue weighted by atomic mass is 9.88. The molecule has 1 unspecified atom stereocenters. The molecule has 3 rings (SSSR count). The van der Waals surface area contributed by atoms with E-state index >= 15 is 0 Å². The predicted octanol–water partition coefficient (Wildman–Crippen LogP) is 4.56. The molecular weight excluding hydrogens is 432 g/mol. The summed E-state index contributed by atoms with van der Waals surface area (Å²) in [7, 11) is 0. The molecule has 0 radical (unpaired) electrons. The molecule has 11 heteroatoms. The number of hydrogen-bond acceptors (Lipinski definition) is 4. The van der Waals surface area contributed by atoms with Gasteiger partial charge in [-0.15, -0.1) is 0 Å². The number of anilines is 1. The van der Waals surface area contributed by atoms with Crippen molar-refractivity contribution >= 4 is 23.5 Å². The number of fused-ring (bicyclic) bond motifs is 1. The third-order valence-corrected chi connectivity index (χ3v) is 4.53. The molecule has 5 nitrogen and oxygen atoms in total. The summed E-state index contributed by atoms with van der Waals surface area (Å²) >= 11 is 0. The normalized spacial score (nSPS) is 16.9. The minimum atomic E-state index is -5.18. The second-order valence-electron chi connectivity index (χ2n) is 6.52. The van der Waals surface area contributed by atoms with E-state index in [9.17, 15) is 40.7 Å². The van der Waals surface area contributed by atoms with Crippen LogP contribution in [0.15, 0.2) is 42.5 Å². The van der Waals surface area contributed by atoms with Gasteiger partial charge in [-0.05, 0) is 36.8 Å². The van der Waals surface area contributed by atoms with Crippen molar-refractivity contribution in [1.29, 1.82) is 0 Å². The zero-order valence-electron chi connectivity index (χ0n) is 15.7. The summed E-state index contributed by atoms with van der Waals surface area (Å²) in [6, 6.07) is 5.67. The van der Waals surface area contributed by atoms with Crippen LogP contribution in [0.2, 0.25) is 0 Å². The van der Waals surface area contributed by atoms with E-state index in [0.717, 1.165) is 0 Å². The van der Waals surface area contributed by atoms with Crippen LogP contribution in [0.3, 0.4) is 0 Å². The second-order valence-corrected chi connectivity index (χ2v) is 6.52. The highest BCUT2D eigenvalue weighted by Crippen LogP contribution is 2.40. The number of esters is 1. The van der Waals surface area contributed by atoms with Crippen molar-refractivity contribution in [1.82, 2.24) is 0 Å². The van der Waals surface area contributed by atoms with Gasteiger partial charge in [-0.3, -0.25) is 14.4 Å². The van der Waals surface area contributed by atoms with Gasteiger partial charge in [0.15, 0.2) is 5.92 Å². The fourth-order valence-electron chi connectivity index (χ4n) is 3.19. The maximum atomic E-state index is 13.2. The molecule has 0 N–H and O–H groups in total. The number of amides is 2. The van der Waals surface area contributed by atoms with Crippen LogP contribution in [-0.4, -0.2) is 24.4 Å². The molecule has 2 amide bonds. The van der Waals surface area contributed by atoms with Gasteiger partial charge in [0, 0.05) is 5.56 Å². The standard InChI is InChI=1S/C20H13F6NO4/c1-2-31-18(30)15-13-5-3-4-6-14(13)16(28)27(17(15)29)12-8-10(19(21,22)23)7-11(9-12)20(24,25)26/h3-9,15H,2H2,1H3. The molecule has 0 aromatic heterocycles. The Bertz CT molecular complexity index is 1030. The molecule has 2 aromatic rings. The van der Waals surface area contributed by atoms with E-state index in [1.807, 2.05) is 0 Å². The number of rotatable bonds is 3. The van der Waals surface area contributed by atoms with E-state index in [0.29, 0.717) is 0 Å². The maximum absolute atomic E-state index is 13.2. The number of benzene rings is 2. The molecule has 0 fully saturated rings. The molecule has 31 heavy (non-hydrogen) atoms. The van der Waals surface area contributed by atoms with Crippen molar-refractivity contribution < 1.29 is 45.5 Å². The third kappa shape index (κ3) is 4.12. The van der Waals surface area contributed by atoms with E-state index < -0.39 is 52.9 Å². The minimum Gasteiger partial charge on any atom is -0.465 e. The Labute approximate surface area is 171 Å². The van der Waals surface area contributed by atoms with Crippen molar-refractivity contribution in [2.45, 2.75) is 25.2 Å². The highest BCUT2D eigenvalue weighted by molar-refractivity contribution is 6.30. The Balaban J connectivity index is 2.24. The number of halogens is 6.